The second-order valence-corrected chi connectivity index (χ2v) is 4.85. The molecule has 2 aromatic carbocycles. The predicted molar refractivity (Wildman–Crippen MR) is 78.8 cm³/mol. The number of para-hydroxylation sites is 1. The van der Waals surface area contributed by atoms with Crippen LogP contribution in [-0.2, 0) is 0 Å². The predicted octanol–water partition coefficient (Wildman–Crippen LogP) is 3.85. The van der Waals surface area contributed by atoms with Gasteiger partial charge in [-0.2, -0.15) is 0 Å². The van der Waals surface area contributed by atoms with Gasteiger partial charge in [0, 0.05) is 10.9 Å². The van der Waals surface area contributed by atoms with Gasteiger partial charge in [-0.3, -0.25) is 0 Å². The minimum atomic E-state index is -0.409. The molecular formula is C17H10FNO2. The van der Waals surface area contributed by atoms with E-state index in [0.29, 0.717) is 16.8 Å². The zero-order chi connectivity index (χ0) is 14.4. The molecule has 2 aromatic heterocycles. The lowest BCUT2D eigenvalue weighted by molar-refractivity contribution is 0.525. The molecule has 4 rings (SSSR count). The zero-order valence-corrected chi connectivity index (χ0v) is 10.9. The summed E-state index contributed by atoms with van der Waals surface area (Å²) in [7, 11) is 0. The molecule has 0 aliphatic carbocycles. The van der Waals surface area contributed by atoms with Gasteiger partial charge in [-0.1, -0.05) is 18.2 Å². The van der Waals surface area contributed by atoms with Gasteiger partial charge in [0.15, 0.2) is 5.76 Å². The highest BCUT2D eigenvalue weighted by molar-refractivity contribution is 5.87. The number of nitrogens with zero attached hydrogens (tertiary/aromatic N) is 1. The first-order valence-electron chi connectivity index (χ1n) is 6.52. The first-order valence-corrected chi connectivity index (χ1v) is 6.52. The van der Waals surface area contributed by atoms with Crippen LogP contribution in [0.1, 0.15) is 0 Å². The lowest BCUT2D eigenvalue weighted by Crippen LogP contribution is -2.03. The highest BCUT2D eigenvalue weighted by Gasteiger charge is 2.10. The summed E-state index contributed by atoms with van der Waals surface area (Å²) in [6.07, 6.45) is 1.76. The summed E-state index contributed by atoms with van der Waals surface area (Å²) in [5, 5.41) is 0.973. The normalized spacial score (nSPS) is 11.3. The summed E-state index contributed by atoms with van der Waals surface area (Å²) in [4.78, 5) is 12.1. The van der Waals surface area contributed by atoms with Gasteiger partial charge in [0.2, 0.25) is 0 Å². The number of aromatic nitrogens is 1. The lowest BCUT2D eigenvalue weighted by atomic mass is 10.2. The lowest BCUT2D eigenvalue weighted by Gasteiger charge is -2.02. The van der Waals surface area contributed by atoms with Crippen LogP contribution in [0.3, 0.4) is 0 Å². The van der Waals surface area contributed by atoms with Crippen molar-refractivity contribution in [1.82, 2.24) is 4.40 Å². The van der Waals surface area contributed by atoms with Crippen LogP contribution < -0.4 is 5.63 Å². The highest BCUT2D eigenvalue weighted by Crippen LogP contribution is 2.23. The van der Waals surface area contributed by atoms with Gasteiger partial charge in [0.25, 0.3) is 0 Å². The summed E-state index contributed by atoms with van der Waals surface area (Å²) >= 11 is 0. The summed E-state index contributed by atoms with van der Waals surface area (Å²) in [5.74, 6) is 0.0856. The van der Waals surface area contributed by atoms with Crippen molar-refractivity contribution in [2.75, 3.05) is 0 Å². The van der Waals surface area contributed by atoms with E-state index in [1.807, 2.05) is 24.3 Å². The van der Waals surface area contributed by atoms with Crippen LogP contribution in [-0.4, -0.2) is 4.40 Å². The molecule has 4 heteroatoms. The minimum absolute atomic E-state index is 0.325. The van der Waals surface area contributed by atoms with Gasteiger partial charge in [-0.05, 0) is 36.4 Å². The van der Waals surface area contributed by atoms with E-state index in [2.05, 4.69) is 0 Å². The number of rotatable bonds is 1. The van der Waals surface area contributed by atoms with Gasteiger partial charge < -0.3 is 8.82 Å². The number of hydrogen-bond donors (Lipinski definition) is 0. The van der Waals surface area contributed by atoms with Crippen LogP contribution in [0.2, 0.25) is 0 Å². The molecule has 0 N–H and O–H groups in total. The maximum Gasteiger partial charge on any atom is 0.360 e. The highest BCUT2D eigenvalue weighted by atomic mass is 19.1. The van der Waals surface area contributed by atoms with E-state index in [9.17, 15) is 9.18 Å². The van der Waals surface area contributed by atoms with Crippen LogP contribution in [0.25, 0.3) is 27.7 Å². The van der Waals surface area contributed by atoms with Crippen molar-refractivity contribution >= 4 is 16.4 Å². The number of benzene rings is 2. The molecule has 0 saturated heterocycles. The van der Waals surface area contributed by atoms with E-state index in [1.54, 1.807) is 28.8 Å². The molecule has 0 aliphatic heterocycles. The number of fused-ring (bicyclic) bond motifs is 3. The molecule has 0 amide bonds. The third-order valence-electron chi connectivity index (χ3n) is 3.53. The fourth-order valence-corrected chi connectivity index (χ4v) is 2.52. The van der Waals surface area contributed by atoms with Crippen molar-refractivity contribution in [2.45, 2.75) is 0 Å². The van der Waals surface area contributed by atoms with Gasteiger partial charge in [-0.15, -0.1) is 0 Å². The molecule has 0 aliphatic rings. The maximum absolute atomic E-state index is 13.0. The molecule has 4 aromatic rings. The fourth-order valence-electron chi connectivity index (χ4n) is 2.52. The number of halogens is 1. The Balaban J connectivity index is 2.05. The van der Waals surface area contributed by atoms with Gasteiger partial charge >= 0.3 is 5.63 Å². The summed E-state index contributed by atoms with van der Waals surface area (Å²) < 4.78 is 20.1. The summed E-state index contributed by atoms with van der Waals surface area (Å²) in [5.41, 5.74) is 1.67. The smallest absolute Gasteiger partial charge is 0.360 e. The van der Waals surface area contributed by atoms with E-state index in [1.165, 1.54) is 12.1 Å². The second kappa shape index (κ2) is 4.31. The van der Waals surface area contributed by atoms with Crippen molar-refractivity contribution in [3.05, 3.63) is 77.0 Å². The second-order valence-electron chi connectivity index (χ2n) is 4.85. The average Bonchev–Trinajstić information content (AvgIpc) is 2.87. The molecule has 102 valence electrons. The van der Waals surface area contributed by atoms with E-state index in [-0.39, 0.29) is 5.82 Å². The van der Waals surface area contributed by atoms with Crippen LogP contribution in [0, 0.1) is 5.82 Å². The van der Waals surface area contributed by atoms with Crippen molar-refractivity contribution in [1.29, 1.82) is 0 Å². The van der Waals surface area contributed by atoms with E-state index in [0.717, 1.165) is 10.9 Å². The molecule has 2 heterocycles. The third kappa shape index (κ3) is 1.84. The molecule has 0 unspecified atom stereocenters. The summed E-state index contributed by atoms with van der Waals surface area (Å²) in [6, 6.07) is 15.4. The molecule has 0 saturated carbocycles. The SMILES string of the molecule is O=c1oc(-c2ccc(F)cc2)cn2c1cc1ccccc12. The van der Waals surface area contributed by atoms with Gasteiger partial charge in [0.05, 0.1) is 11.7 Å². The van der Waals surface area contributed by atoms with E-state index >= 15 is 0 Å². The molecular weight excluding hydrogens is 269 g/mol. The molecule has 0 radical (unpaired) electrons. The van der Waals surface area contributed by atoms with E-state index in [4.69, 9.17) is 4.42 Å². The molecule has 0 atom stereocenters. The number of hydrogen-bond acceptors (Lipinski definition) is 2. The topological polar surface area (TPSA) is 34.6 Å². The Kier molecular flexibility index (Phi) is 2.44. The van der Waals surface area contributed by atoms with E-state index < -0.39 is 5.63 Å². The first-order chi connectivity index (χ1) is 10.2. The van der Waals surface area contributed by atoms with Crippen molar-refractivity contribution in [3.8, 4) is 11.3 Å². The van der Waals surface area contributed by atoms with Crippen molar-refractivity contribution < 1.29 is 8.81 Å². The van der Waals surface area contributed by atoms with Crippen LogP contribution in [0.15, 0.2) is 70.0 Å². The molecule has 0 bridgehead atoms. The maximum atomic E-state index is 13.0. The van der Waals surface area contributed by atoms with Gasteiger partial charge in [-0.25, -0.2) is 9.18 Å². The van der Waals surface area contributed by atoms with Crippen molar-refractivity contribution in [3.63, 3.8) is 0 Å². The Hall–Kier alpha value is -2.88. The Morgan fingerprint density at radius 1 is 0.952 bits per heavy atom. The minimum Gasteiger partial charge on any atom is -0.420 e. The quantitative estimate of drug-likeness (QED) is 0.530. The third-order valence-corrected chi connectivity index (χ3v) is 3.53. The molecule has 0 spiro atoms. The van der Waals surface area contributed by atoms with Crippen molar-refractivity contribution in [2.24, 2.45) is 0 Å². The summed E-state index contributed by atoms with van der Waals surface area (Å²) in [6.45, 7) is 0. The van der Waals surface area contributed by atoms with Gasteiger partial charge in [0.1, 0.15) is 11.3 Å². The Morgan fingerprint density at radius 2 is 1.71 bits per heavy atom. The standard InChI is InChI=1S/C17H10FNO2/c18-13-7-5-11(6-8-13)16-10-19-14-4-2-1-3-12(14)9-15(19)17(20)21-16/h1-10H. The van der Waals surface area contributed by atoms with Crippen LogP contribution in [0.4, 0.5) is 4.39 Å². The molecule has 21 heavy (non-hydrogen) atoms. The monoisotopic (exact) mass is 279 g/mol. The zero-order valence-electron chi connectivity index (χ0n) is 10.9. The van der Waals surface area contributed by atoms with Crippen LogP contribution in [0.5, 0.6) is 0 Å². The Labute approximate surface area is 118 Å². The fraction of sp³-hybridized carbons (Fsp3) is 0. The molecule has 3 nitrogen and oxygen atoms in total. The Bertz CT molecular complexity index is 1010. The average molecular weight is 279 g/mol. The largest absolute Gasteiger partial charge is 0.420 e. The Morgan fingerprint density at radius 3 is 2.52 bits per heavy atom. The first kappa shape index (κ1) is 11.9. The molecule has 0 fully saturated rings. The van der Waals surface area contributed by atoms with Crippen LogP contribution >= 0.6 is 0 Å².